The second kappa shape index (κ2) is 7.37. The average molecular weight is 328 g/mol. The molecule has 0 aliphatic heterocycles. The molecule has 0 saturated heterocycles. The molecular weight excluding hydrogens is 312 g/mol. The van der Waals surface area contributed by atoms with E-state index in [4.69, 9.17) is 10.00 Å². The zero-order chi connectivity index (χ0) is 17.7. The zero-order valence-electron chi connectivity index (χ0n) is 13.3. The van der Waals surface area contributed by atoms with Gasteiger partial charge in [0.15, 0.2) is 11.5 Å². The lowest BCUT2D eigenvalue weighted by Crippen LogP contribution is -2.10. The van der Waals surface area contributed by atoms with Crippen LogP contribution in [0, 0.1) is 11.3 Å². The number of aromatic nitrogens is 3. The van der Waals surface area contributed by atoms with Gasteiger partial charge < -0.3 is 9.84 Å². The van der Waals surface area contributed by atoms with Gasteiger partial charge in [0.05, 0.1) is 30.5 Å². The van der Waals surface area contributed by atoms with Crippen molar-refractivity contribution in [2.45, 2.75) is 19.8 Å². The number of esters is 1. The largest absolute Gasteiger partial charge is 0.504 e. The Hall–Kier alpha value is -3.21. The highest BCUT2D eigenvalue weighted by molar-refractivity contribution is 5.99. The number of ether oxygens (including phenoxy) is 1. The SMILES string of the molecule is CCOC(=O)CCC(=O)c1nc(-c2cnn(C)c2)cc(C#N)c1O. The van der Waals surface area contributed by atoms with Gasteiger partial charge in [-0.2, -0.15) is 10.4 Å². The molecule has 2 aromatic rings. The molecule has 2 heterocycles. The summed E-state index contributed by atoms with van der Waals surface area (Å²) in [6.07, 6.45) is 2.92. The summed E-state index contributed by atoms with van der Waals surface area (Å²) in [5.74, 6) is -1.53. The Morgan fingerprint density at radius 3 is 2.75 bits per heavy atom. The van der Waals surface area contributed by atoms with E-state index in [1.165, 1.54) is 12.3 Å². The Labute approximate surface area is 138 Å². The van der Waals surface area contributed by atoms with E-state index in [2.05, 4.69) is 10.1 Å². The van der Waals surface area contributed by atoms with Crippen LogP contribution in [0.3, 0.4) is 0 Å². The lowest BCUT2D eigenvalue weighted by atomic mass is 10.1. The Balaban J connectivity index is 2.33. The second-order valence-electron chi connectivity index (χ2n) is 4.99. The maximum absolute atomic E-state index is 12.3. The molecule has 0 spiro atoms. The van der Waals surface area contributed by atoms with Gasteiger partial charge in [0.25, 0.3) is 0 Å². The molecule has 0 unspecified atom stereocenters. The molecular formula is C16H16N4O4. The number of hydrogen-bond acceptors (Lipinski definition) is 7. The smallest absolute Gasteiger partial charge is 0.306 e. The number of nitriles is 1. The first kappa shape index (κ1) is 17.1. The number of carbonyl (C=O) groups excluding carboxylic acids is 2. The third-order valence-corrected chi connectivity index (χ3v) is 3.24. The second-order valence-corrected chi connectivity index (χ2v) is 4.99. The summed E-state index contributed by atoms with van der Waals surface area (Å²) in [6, 6.07) is 3.21. The molecule has 0 atom stereocenters. The number of Topliss-reactive ketones (excluding diaryl/α,β-unsaturated/α-hetero) is 1. The highest BCUT2D eigenvalue weighted by atomic mass is 16.5. The third kappa shape index (κ3) is 3.76. The highest BCUT2D eigenvalue weighted by Crippen LogP contribution is 2.27. The number of nitrogens with zero attached hydrogens (tertiary/aromatic N) is 4. The number of rotatable bonds is 6. The number of hydrogen-bond donors (Lipinski definition) is 1. The quantitative estimate of drug-likeness (QED) is 0.631. The van der Waals surface area contributed by atoms with Gasteiger partial charge in [0, 0.05) is 25.2 Å². The first-order valence-electron chi connectivity index (χ1n) is 7.28. The molecule has 0 bridgehead atoms. The first-order valence-corrected chi connectivity index (χ1v) is 7.28. The van der Waals surface area contributed by atoms with E-state index < -0.39 is 17.5 Å². The molecule has 2 aromatic heterocycles. The van der Waals surface area contributed by atoms with Crippen LogP contribution in [0.5, 0.6) is 5.75 Å². The third-order valence-electron chi connectivity index (χ3n) is 3.24. The number of aryl methyl sites for hydroxylation is 1. The molecule has 0 aromatic carbocycles. The average Bonchev–Trinajstić information content (AvgIpc) is 2.99. The Morgan fingerprint density at radius 2 is 2.17 bits per heavy atom. The van der Waals surface area contributed by atoms with Crippen LogP contribution in [0.1, 0.15) is 35.8 Å². The minimum absolute atomic E-state index is 0.0664. The highest BCUT2D eigenvalue weighted by Gasteiger charge is 2.20. The molecule has 0 radical (unpaired) electrons. The predicted octanol–water partition coefficient (Wildman–Crippen LogP) is 1.59. The topological polar surface area (TPSA) is 118 Å². The minimum atomic E-state index is -0.539. The molecule has 0 aliphatic rings. The molecule has 0 fully saturated rings. The van der Waals surface area contributed by atoms with Crippen LogP contribution in [0.25, 0.3) is 11.3 Å². The van der Waals surface area contributed by atoms with Crippen LogP contribution in [0.4, 0.5) is 0 Å². The van der Waals surface area contributed by atoms with Crippen LogP contribution in [0.2, 0.25) is 0 Å². The number of ketones is 1. The summed E-state index contributed by atoms with van der Waals surface area (Å²) >= 11 is 0. The lowest BCUT2D eigenvalue weighted by Gasteiger charge is -2.07. The van der Waals surface area contributed by atoms with Gasteiger partial charge in [-0.05, 0) is 13.0 Å². The number of carbonyl (C=O) groups is 2. The summed E-state index contributed by atoms with van der Waals surface area (Å²) in [4.78, 5) is 27.8. The Morgan fingerprint density at radius 1 is 1.42 bits per heavy atom. The van der Waals surface area contributed by atoms with Crippen molar-refractivity contribution >= 4 is 11.8 Å². The van der Waals surface area contributed by atoms with E-state index in [-0.39, 0.29) is 30.7 Å². The van der Waals surface area contributed by atoms with Crippen molar-refractivity contribution in [3.63, 3.8) is 0 Å². The first-order chi connectivity index (χ1) is 11.5. The van der Waals surface area contributed by atoms with Crippen molar-refractivity contribution in [1.82, 2.24) is 14.8 Å². The zero-order valence-corrected chi connectivity index (χ0v) is 13.3. The van der Waals surface area contributed by atoms with E-state index >= 15 is 0 Å². The minimum Gasteiger partial charge on any atom is -0.504 e. The molecule has 0 amide bonds. The van der Waals surface area contributed by atoms with E-state index in [0.29, 0.717) is 11.3 Å². The summed E-state index contributed by atoms with van der Waals surface area (Å²) in [6.45, 7) is 1.90. The van der Waals surface area contributed by atoms with E-state index in [1.807, 2.05) is 6.07 Å². The maximum atomic E-state index is 12.3. The van der Waals surface area contributed by atoms with Crippen molar-refractivity contribution in [2.24, 2.45) is 7.05 Å². The standard InChI is InChI=1S/C16H16N4O4/c1-3-24-14(22)5-4-13(21)15-16(23)10(7-17)6-12(19-15)11-8-18-20(2)9-11/h6,8-9,23H,3-5H2,1-2H3. The molecule has 1 N–H and O–H groups in total. The van der Waals surface area contributed by atoms with Gasteiger partial charge in [0.2, 0.25) is 0 Å². The summed E-state index contributed by atoms with van der Waals surface area (Å²) in [7, 11) is 1.72. The lowest BCUT2D eigenvalue weighted by molar-refractivity contribution is -0.143. The molecule has 0 saturated carbocycles. The van der Waals surface area contributed by atoms with Crippen molar-refractivity contribution in [2.75, 3.05) is 6.61 Å². The van der Waals surface area contributed by atoms with Gasteiger partial charge in [-0.15, -0.1) is 0 Å². The van der Waals surface area contributed by atoms with Crippen molar-refractivity contribution < 1.29 is 19.4 Å². The van der Waals surface area contributed by atoms with Crippen LogP contribution in [-0.4, -0.2) is 38.2 Å². The van der Waals surface area contributed by atoms with E-state index in [0.717, 1.165) is 0 Å². The van der Waals surface area contributed by atoms with Gasteiger partial charge >= 0.3 is 5.97 Å². The van der Waals surface area contributed by atoms with E-state index in [9.17, 15) is 14.7 Å². The van der Waals surface area contributed by atoms with Crippen LogP contribution < -0.4 is 0 Å². The summed E-state index contributed by atoms with van der Waals surface area (Å²) in [5, 5.41) is 23.2. The van der Waals surface area contributed by atoms with Gasteiger partial charge in [-0.25, -0.2) is 4.98 Å². The molecule has 0 aliphatic carbocycles. The normalized spacial score (nSPS) is 10.2. The van der Waals surface area contributed by atoms with Gasteiger partial charge in [-0.3, -0.25) is 14.3 Å². The number of aromatic hydroxyl groups is 1. The van der Waals surface area contributed by atoms with Crippen molar-refractivity contribution in [3.05, 3.63) is 29.7 Å². The molecule has 2 rings (SSSR count). The Bertz CT molecular complexity index is 820. The molecule has 24 heavy (non-hydrogen) atoms. The monoisotopic (exact) mass is 328 g/mol. The summed E-state index contributed by atoms with van der Waals surface area (Å²) in [5.41, 5.74) is 0.644. The van der Waals surface area contributed by atoms with Crippen LogP contribution in [-0.2, 0) is 16.6 Å². The van der Waals surface area contributed by atoms with Crippen LogP contribution >= 0.6 is 0 Å². The fraction of sp³-hybridized carbons (Fsp3) is 0.312. The number of pyridine rings is 1. The molecule has 8 nitrogen and oxygen atoms in total. The fourth-order valence-electron chi connectivity index (χ4n) is 2.09. The van der Waals surface area contributed by atoms with Gasteiger partial charge in [-0.1, -0.05) is 0 Å². The van der Waals surface area contributed by atoms with Crippen LogP contribution in [0.15, 0.2) is 18.5 Å². The van der Waals surface area contributed by atoms with Crippen molar-refractivity contribution in [1.29, 1.82) is 5.26 Å². The predicted molar refractivity (Wildman–Crippen MR) is 83.0 cm³/mol. The fourth-order valence-corrected chi connectivity index (χ4v) is 2.09. The van der Waals surface area contributed by atoms with Gasteiger partial charge in [0.1, 0.15) is 11.8 Å². The maximum Gasteiger partial charge on any atom is 0.306 e. The van der Waals surface area contributed by atoms with E-state index in [1.54, 1.807) is 24.9 Å². The molecule has 124 valence electrons. The summed E-state index contributed by atoms with van der Waals surface area (Å²) < 4.78 is 6.32. The Kier molecular flexibility index (Phi) is 5.27. The van der Waals surface area contributed by atoms with Crippen molar-refractivity contribution in [3.8, 4) is 23.1 Å². The molecule has 8 heteroatoms.